The Bertz CT molecular complexity index is 803. The molecule has 32 heavy (non-hydrogen) atoms. The number of likely N-dealkylation sites (tertiary alicyclic amines) is 1. The van der Waals surface area contributed by atoms with Gasteiger partial charge in [-0.15, -0.1) is 0 Å². The number of halogens is 1. The quantitative estimate of drug-likeness (QED) is 0.695. The summed E-state index contributed by atoms with van der Waals surface area (Å²) in [6, 6.07) is 6.70. The number of nitrogens with one attached hydrogen (secondary N) is 1. The number of aliphatic hydroxyl groups is 1. The number of carbonyl (C=O) groups excluding carboxylic acids is 2. The monoisotopic (exact) mass is 464 g/mol. The van der Waals surface area contributed by atoms with Crippen molar-refractivity contribution >= 4 is 23.4 Å². The number of amides is 2. The summed E-state index contributed by atoms with van der Waals surface area (Å²) < 4.78 is 5.47. The topological polar surface area (TPSA) is 78.9 Å². The van der Waals surface area contributed by atoms with E-state index in [0.717, 1.165) is 18.4 Å². The molecule has 178 valence electrons. The Labute approximate surface area is 196 Å². The van der Waals surface area contributed by atoms with Gasteiger partial charge < -0.3 is 20.1 Å². The van der Waals surface area contributed by atoms with Crippen LogP contribution >= 0.6 is 11.6 Å². The second-order valence-corrected chi connectivity index (χ2v) is 10.7. The van der Waals surface area contributed by atoms with Crippen LogP contribution in [0.2, 0.25) is 5.02 Å². The zero-order valence-corrected chi connectivity index (χ0v) is 20.5. The summed E-state index contributed by atoms with van der Waals surface area (Å²) in [6.45, 7) is 9.98. The van der Waals surface area contributed by atoms with Crippen LogP contribution in [-0.2, 0) is 19.9 Å². The Hall–Kier alpha value is -1.63. The van der Waals surface area contributed by atoms with E-state index in [-0.39, 0.29) is 23.7 Å². The fourth-order valence-corrected chi connectivity index (χ4v) is 5.04. The molecule has 0 spiro atoms. The summed E-state index contributed by atoms with van der Waals surface area (Å²) in [5.41, 5.74) is -0.826. The largest absolute Gasteiger partial charge is 0.384 e. The maximum Gasteiger partial charge on any atom is 0.245 e. The SMILES string of the molecule is CC(C)C(NC(=O)C1CCCOCC1)C(=O)N1CCC(O)(c2ccc(Cl)cc2)C(C)(C)C1. The van der Waals surface area contributed by atoms with Gasteiger partial charge in [0, 0.05) is 42.7 Å². The molecule has 3 unspecified atom stereocenters. The standard InChI is InChI=1S/C25H37ClN2O4/c1-17(2)21(27-22(29)18-6-5-14-32-15-11-18)23(30)28-13-12-25(31,24(3,4)16-28)19-7-9-20(26)10-8-19/h7-10,17-18,21,31H,5-6,11-16H2,1-4H3,(H,27,29). The molecule has 6 nitrogen and oxygen atoms in total. The number of hydrogen-bond acceptors (Lipinski definition) is 4. The van der Waals surface area contributed by atoms with Crippen molar-refractivity contribution in [3.63, 3.8) is 0 Å². The van der Waals surface area contributed by atoms with Crippen LogP contribution < -0.4 is 5.32 Å². The summed E-state index contributed by atoms with van der Waals surface area (Å²) in [7, 11) is 0. The Morgan fingerprint density at radius 2 is 1.88 bits per heavy atom. The summed E-state index contributed by atoms with van der Waals surface area (Å²) in [5, 5.41) is 15.2. The van der Waals surface area contributed by atoms with Crippen molar-refractivity contribution in [2.24, 2.45) is 17.3 Å². The molecule has 1 aromatic carbocycles. The third kappa shape index (κ3) is 5.29. The van der Waals surface area contributed by atoms with Gasteiger partial charge in [-0.05, 0) is 49.3 Å². The first-order valence-corrected chi connectivity index (χ1v) is 12.1. The van der Waals surface area contributed by atoms with Crippen molar-refractivity contribution in [3.05, 3.63) is 34.9 Å². The predicted octanol–water partition coefficient (Wildman–Crippen LogP) is 3.74. The minimum absolute atomic E-state index is 0.0336. The van der Waals surface area contributed by atoms with E-state index in [1.54, 1.807) is 17.0 Å². The van der Waals surface area contributed by atoms with Crippen LogP contribution in [0.25, 0.3) is 0 Å². The molecule has 0 radical (unpaired) electrons. The van der Waals surface area contributed by atoms with Gasteiger partial charge in [-0.25, -0.2) is 0 Å². The highest BCUT2D eigenvalue weighted by molar-refractivity contribution is 6.30. The second kappa shape index (κ2) is 10.1. The van der Waals surface area contributed by atoms with Crippen molar-refractivity contribution in [1.82, 2.24) is 10.2 Å². The van der Waals surface area contributed by atoms with Crippen molar-refractivity contribution in [2.75, 3.05) is 26.3 Å². The van der Waals surface area contributed by atoms with Crippen molar-refractivity contribution in [1.29, 1.82) is 0 Å². The van der Waals surface area contributed by atoms with Crippen LogP contribution in [0.4, 0.5) is 0 Å². The molecular weight excluding hydrogens is 428 g/mol. The molecule has 2 N–H and O–H groups in total. The Morgan fingerprint density at radius 3 is 2.50 bits per heavy atom. The van der Waals surface area contributed by atoms with E-state index >= 15 is 0 Å². The van der Waals surface area contributed by atoms with Crippen molar-refractivity contribution in [3.8, 4) is 0 Å². The lowest BCUT2D eigenvalue weighted by atomic mass is 9.66. The van der Waals surface area contributed by atoms with Gasteiger partial charge in [0.05, 0.1) is 5.60 Å². The second-order valence-electron chi connectivity index (χ2n) is 10.2. The molecule has 0 bridgehead atoms. The van der Waals surface area contributed by atoms with Gasteiger partial charge in [-0.2, -0.15) is 0 Å². The number of rotatable bonds is 5. The summed E-state index contributed by atoms with van der Waals surface area (Å²) in [4.78, 5) is 28.2. The van der Waals surface area contributed by atoms with Gasteiger partial charge in [0.15, 0.2) is 0 Å². The summed E-state index contributed by atoms with van der Waals surface area (Å²) in [6.07, 6.45) is 2.76. The van der Waals surface area contributed by atoms with E-state index in [1.165, 1.54) is 0 Å². The molecule has 2 saturated heterocycles. The van der Waals surface area contributed by atoms with Crippen LogP contribution in [0.1, 0.15) is 58.9 Å². The van der Waals surface area contributed by atoms with Crippen LogP contribution in [0, 0.1) is 17.3 Å². The molecule has 0 aliphatic carbocycles. The minimum atomic E-state index is -1.06. The average molecular weight is 465 g/mol. The normalized spacial score (nSPS) is 27.0. The molecule has 2 aliphatic heterocycles. The molecule has 0 saturated carbocycles. The highest BCUT2D eigenvalue weighted by atomic mass is 35.5. The van der Waals surface area contributed by atoms with Crippen molar-refractivity contribution in [2.45, 2.75) is 65.0 Å². The molecule has 1 aromatic rings. The zero-order valence-electron chi connectivity index (χ0n) is 19.7. The molecule has 7 heteroatoms. The molecular formula is C25H37ClN2O4. The minimum Gasteiger partial charge on any atom is -0.384 e. The fraction of sp³-hybridized carbons (Fsp3) is 0.680. The molecule has 0 aromatic heterocycles. The van der Waals surface area contributed by atoms with Gasteiger partial charge in [0.1, 0.15) is 6.04 Å². The van der Waals surface area contributed by atoms with E-state index in [0.29, 0.717) is 44.2 Å². The highest BCUT2D eigenvalue weighted by Crippen LogP contribution is 2.46. The van der Waals surface area contributed by atoms with Gasteiger partial charge in [-0.3, -0.25) is 9.59 Å². The first kappa shape index (κ1) is 25.0. The van der Waals surface area contributed by atoms with E-state index in [9.17, 15) is 14.7 Å². The van der Waals surface area contributed by atoms with E-state index < -0.39 is 17.1 Å². The Balaban J connectivity index is 1.71. The third-order valence-corrected chi connectivity index (χ3v) is 7.39. The first-order valence-electron chi connectivity index (χ1n) is 11.7. The van der Waals surface area contributed by atoms with Gasteiger partial charge in [-0.1, -0.05) is 51.4 Å². The fourth-order valence-electron chi connectivity index (χ4n) is 4.92. The molecule has 3 rings (SSSR count). The van der Waals surface area contributed by atoms with Crippen LogP contribution in [0.3, 0.4) is 0 Å². The van der Waals surface area contributed by atoms with Crippen LogP contribution in [-0.4, -0.2) is 54.2 Å². The van der Waals surface area contributed by atoms with Gasteiger partial charge in [0.25, 0.3) is 0 Å². The number of hydrogen-bond donors (Lipinski definition) is 2. The lowest BCUT2D eigenvalue weighted by Crippen LogP contribution is -2.60. The lowest BCUT2D eigenvalue weighted by Gasteiger charge is -2.51. The summed E-state index contributed by atoms with van der Waals surface area (Å²) >= 11 is 6.03. The maximum atomic E-state index is 13.5. The highest BCUT2D eigenvalue weighted by Gasteiger charge is 2.50. The number of nitrogens with zero attached hydrogens (tertiary/aromatic N) is 1. The number of piperidine rings is 1. The van der Waals surface area contributed by atoms with Crippen LogP contribution in [0.5, 0.6) is 0 Å². The summed E-state index contributed by atoms with van der Waals surface area (Å²) in [5.74, 6) is -0.283. The number of carbonyl (C=O) groups is 2. The number of benzene rings is 1. The molecule has 2 amide bonds. The molecule has 3 atom stereocenters. The van der Waals surface area contributed by atoms with Gasteiger partial charge in [0.2, 0.25) is 11.8 Å². The van der Waals surface area contributed by atoms with Gasteiger partial charge >= 0.3 is 0 Å². The first-order chi connectivity index (χ1) is 15.0. The molecule has 2 fully saturated rings. The molecule has 2 heterocycles. The number of ether oxygens (including phenoxy) is 1. The van der Waals surface area contributed by atoms with Crippen molar-refractivity contribution < 1.29 is 19.4 Å². The van der Waals surface area contributed by atoms with E-state index in [2.05, 4.69) is 5.32 Å². The molecule has 2 aliphatic rings. The Morgan fingerprint density at radius 1 is 1.19 bits per heavy atom. The zero-order chi connectivity index (χ0) is 23.5. The predicted molar refractivity (Wildman–Crippen MR) is 125 cm³/mol. The third-order valence-electron chi connectivity index (χ3n) is 7.14. The maximum absolute atomic E-state index is 13.5. The average Bonchev–Trinajstić information content (AvgIpc) is 3.03. The van der Waals surface area contributed by atoms with E-state index in [4.69, 9.17) is 16.3 Å². The van der Waals surface area contributed by atoms with E-state index in [1.807, 2.05) is 39.8 Å². The van der Waals surface area contributed by atoms with Crippen LogP contribution in [0.15, 0.2) is 24.3 Å². The Kier molecular flexibility index (Phi) is 7.89. The smallest absolute Gasteiger partial charge is 0.245 e. The lowest BCUT2D eigenvalue weighted by molar-refractivity contribution is -0.157.